The van der Waals surface area contributed by atoms with Gasteiger partial charge in [-0.3, -0.25) is 4.79 Å². The van der Waals surface area contributed by atoms with Crippen molar-refractivity contribution in [3.8, 4) is 9.88 Å². The zero-order valence-electron chi connectivity index (χ0n) is 12.2. The number of fused-ring (bicyclic) bond motifs is 1. The number of nitrogens with zero attached hydrogens (tertiary/aromatic N) is 2. The highest BCUT2D eigenvalue weighted by molar-refractivity contribution is 9.10. The molecule has 0 saturated carbocycles. The number of anilines is 1. The van der Waals surface area contributed by atoms with Crippen LogP contribution in [0.25, 0.3) is 20.1 Å². The van der Waals surface area contributed by atoms with E-state index in [1.807, 2.05) is 41.1 Å². The number of aromatic nitrogens is 2. The van der Waals surface area contributed by atoms with Gasteiger partial charge in [0.05, 0.1) is 27.2 Å². The van der Waals surface area contributed by atoms with Gasteiger partial charge in [0.15, 0.2) is 5.13 Å². The molecule has 3 heterocycles. The van der Waals surface area contributed by atoms with Gasteiger partial charge in [-0.05, 0) is 34.1 Å². The Morgan fingerprint density at radius 2 is 2.04 bits per heavy atom. The number of benzene rings is 1. The van der Waals surface area contributed by atoms with Gasteiger partial charge in [-0.15, -0.1) is 22.7 Å². The van der Waals surface area contributed by atoms with Crippen LogP contribution in [0, 0.1) is 0 Å². The average Bonchev–Trinajstić information content (AvgIpc) is 3.25. The predicted molar refractivity (Wildman–Crippen MR) is 105 cm³/mol. The van der Waals surface area contributed by atoms with E-state index in [0.29, 0.717) is 5.13 Å². The third-order valence-corrected chi connectivity index (χ3v) is 6.92. The second-order valence-electron chi connectivity index (χ2n) is 4.98. The summed E-state index contributed by atoms with van der Waals surface area (Å²) in [6.45, 7) is 0. The molecule has 4 rings (SSSR count). The quantitative estimate of drug-likeness (QED) is 0.465. The topological polar surface area (TPSA) is 54.9 Å². The van der Waals surface area contributed by atoms with E-state index in [1.165, 1.54) is 11.3 Å². The minimum atomic E-state index is -0.0988. The molecule has 4 aromatic rings. The van der Waals surface area contributed by atoms with Crippen LogP contribution in [-0.2, 0) is 11.2 Å². The zero-order valence-corrected chi connectivity index (χ0v) is 16.2. The summed E-state index contributed by atoms with van der Waals surface area (Å²) in [7, 11) is 0. The van der Waals surface area contributed by atoms with Crippen LogP contribution in [0.3, 0.4) is 0 Å². The zero-order chi connectivity index (χ0) is 16.5. The van der Waals surface area contributed by atoms with Gasteiger partial charge < -0.3 is 5.32 Å². The highest BCUT2D eigenvalue weighted by atomic mass is 79.9. The Bertz CT molecular complexity index is 987. The summed E-state index contributed by atoms with van der Waals surface area (Å²) in [5.74, 6) is -0.0988. The summed E-state index contributed by atoms with van der Waals surface area (Å²) in [4.78, 5) is 22.3. The molecule has 0 fully saturated rings. The molecule has 1 N–H and O–H groups in total. The summed E-state index contributed by atoms with van der Waals surface area (Å²) in [5.41, 5.74) is 1.68. The number of nitrogens with one attached hydrogen (secondary N) is 1. The minimum Gasteiger partial charge on any atom is -0.302 e. The van der Waals surface area contributed by atoms with Crippen molar-refractivity contribution < 1.29 is 4.79 Å². The predicted octanol–water partition coefficient (Wildman–Crippen LogP) is 5.43. The molecule has 1 amide bonds. The molecule has 0 aliphatic carbocycles. The number of hydrogen-bond donors (Lipinski definition) is 1. The molecule has 120 valence electrons. The Morgan fingerprint density at radius 3 is 2.83 bits per heavy atom. The van der Waals surface area contributed by atoms with E-state index in [-0.39, 0.29) is 12.3 Å². The number of carbonyl (C=O) groups is 1. The van der Waals surface area contributed by atoms with Crippen LogP contribution >= 0.6 is 49.9 Å². The lowest BCUT2D eigenvalue weighted by molar-refractivity contribution is -0.115. The van der Waals surface area contributed by atoms with Crippen LogP contribution in [0.5, 0.6) is 0 Å². The van der Waals surface area contributed by atoms with Gasteiger partial charge in [-0.2, -0.15) is 0 Å². The van der Waals surface area contributed by atoms with Crippen molar-refractivity contribution in [1.29, 1.82) is 0 Å². The van der Waals surface area contributed by atoms with Gasteiger partial charge in [0, 0.05) is 15.2 Å². The van der Waals surface area contributed by atoms with Gasteiger partial charge >= 0.3 is 0 Å². The highest BCUT2D eigenvalue weighted by Gasteiger charge is 2.12. The molecule has 4 nitrogen and oxygen atoms in total. The number of amides is 1. The maximum atomic E-state index is 12.2. The second kappa shape index (κ2) is 6.72. The summed E-state index contributed by atoms with van der Waals surface area (Å²) >= 11 is 8.11. The number of carbonyl (C=O) groups excluding carboxylic acids is 1. The summed E-state index contributed by atoms with van der Waals surface area (Å²) in [5, 5.41) is 8.38. The monoisotopic (exact) mass is 435 g/mol. The van der Waals surface area contributed by atoms with Crippen molar-refractivity contribution in [1.82, 2.24) is 9.97 Å². The van der Waals surface area contributed by atoms with Gasteiger partial charge in [-0.1, -0.05) is 23.5 Å². The largest absolute Gasteiger partial charge is 0.302 e. The Kier molecular flexibility index (Phi) is 4.45. The molecule has 0 aliphatic heterocycles. The molecule has 0 aliphatic rings. The highest BCUT2D eigenvalue weighted by Crippen LogP contribution is 2.32. The van der Waals surface area contributed by atoms with E-state index in [9.17, 15) is 4.79 Å². The normalized spacial score (nSPS) is 11.0. The fraction of sp³-hybridized carbons (Fsp3) is 0.0625. The average molecular weight is 436 g/mol. The van der Waals surface area contributed by atoms with E-state index in [0.717, 1.165) is 30.3 Å². The molecule has 3 aromatic heterocycles. The van der Waals surface area contributed by atoms with Crippen LogP contribution in [0.2, 0.25) is 0 Å². The SMILES string of the molecule is O=C(Cc1csc(-c2cc(Br)cs2)n1)Nc1nc2ccccc2s1. The summed E-state index contributed by atoms with van der Waals surface area (Å²) < 4.78 is 2.11. The van der Waals surface area contributed by atoms with Gasteiger partial charge in [0.2, 0.25) is 5.91 Å². The first kappa shape index (κ1) is 15.9. The first-order valence-electron chi connectivity index (χ1n) is 7.01. The Balaban J connectivity index is 1.45. The third-order valence-electron chi connectivity index (χ3n) is 3.21. The Hall–Kier alpha value is -1.61. The fourth-order valence-corrected chi connectivity index (χ4v) is 5.39. The molecule has 0 spiro atoms. The van der Waals surface area contributed by atoms with Gasteiger partial charge in [0.25, 0.3) is 0 Å². The van der Waals surface area contributed by atoms with Gasteiger partial charge in [-0.25, -0.2) is 9.97 Å². The number of para-hydroxylation sites is 1. The molecule has 0 saturated heterocycles. The van der Waals surface area contributed by atoms with Crippen LogP contribution in [0.1, 0.15) is 5.69 Å². The first-order chi connectivity index (χ1) is 11.7. The lowest BCUT2D eigenvalue weighted by Crippen LogP contribution is -2.14. The Morgan fingerprint density at radius 1 is 1.17 bits per heavy atom. The second-order valence-corrected chi connectivity index (χ2v) is 8.70. The number of thiazole rings is 2. The molecule has 0 unspecified atom stereocenters. The van der Waals surface area contributed by atoms with Crippen LogP contribution in [-0.4, -0.2) is 15.9 Å². The van der Waals surface area contributed by atoms with E-state index in [4.69, 9.17) is 0 Å². The molecule has 8 heteroatoms. The summed E-state index contributed by atoms with van der Waals surface area (Å²) in [6.07, 6.45) is 0.249. The third kappa shape index (κ3) is 3.41. The minimum absolute atomic E-state index is 0.0988. The maximum absolute atomic E-state index is 12.2. The maximum Gasteiger partial charge on any atom is 0.232 e. The molecule has 24 heavy (non-hydrogen) atoms. The van der Waals surface area contributed by atoms with Crippen molar-refractivity contribution in [2.45, 2.75) is 6.42 Å². The van der Waals surface area contributed by atoms with E-state index in [2.05, 4.69) is 31.2 Å². The van der Waals surface area contributed by atoms with E-state index >= 15 is 0 Å². The first-order valence-corrected chi connectivity index (χ1v) is 10.4. The number of thiophene rings is 1. The van der Waals surface area contributed by atoms with Crippen molar-refractivity contribution in [2.75, 3.05) is 5.32 Å². The van der Waals surface area contributed by atoms with E-state index < -0.39 is 0 Å². The smallest absolute Gasteiger partial charge is 0.232 e. The van der Waals surface area contributed by atoms with Crippen molar-refractivity contribution in [2.24, 2.45) is 0 Å². The van der Waals surface area contributed by atoms with E-state index in [1.54, 1.807) is 22.7 Å². The molecular formula is C16H10BrN3OS3. The number of hydrogen-bond acceptors (Lipinski definition) is 6. The number of rotatable bonds is 4. The standard InChI is InChI=1S/C16H10BrN3OS3/c17-9-5-13(22-7-9)15-18-10(8-23-15)6-14(21)20-16-19-11-3-1-2-4-12(11)24-16/h1-5,7-8H,6H2,(H,19,20,21). The van der Waals surface area contributed by atoms with Crippen molar-refractivity contribution in [3.63, 3.8) is 0 Å². The van der Waals surface area contributed by atoms with Crippen LogP contribution in [0.4, 0.5) is 5.13 Å². The van der Waals surface area contributed by atoms with Crippen molar-refractivity contribution >= 4 is 71.2 Å². The fourth-order valence-electron chi connectivity index (χ4n) is 2.18. The van der Waals surface area contributed by atoms with Crippen LogP contribution < -0.4 is 5.32 Å². The van der Waals surface area contributed by atoms with Crippen LogP contribution in [0.15, 0.2) is 45.6 Å². The Labute approximate surface area is 158 Å². The molecule has 0 bridgehead atoms. The lowest BCUT2D eigenvalue weighted by atomic mass is 10.3. The number of halogens is 1. The molecular weight excluding hydrogens is 426 g/mol. The lowest BCUT2D eigenvalue weighted by Gasteiger charge is -1.98. The molecule has 0 radical (unpaired) electrons. The molecule has 1 aromatic carbocycles. The molecule has 0 atom stereocenters. The van der Waals surface area contributed by atoms with Crippen molar-refractivity contribution in [3.05, 3.63) is 51.3 Å². The van der Waals surface area contributed by atoms with Gasteiger partial charge in [0.1, 0.15) is 5.01 Å². The summed E-state index contributed by atoms with van der Waals surface area (Å²) in [6, 6.07) is 9.87.